The molecule has 0 saturated carbocycles. The second kappa shape index (κ2) is 10.3. The third kappa shape index (κ3) is 5.56. The predicted octanol–water partition coefficient (Wildman–Crippen LogP) is 7.55. The van der Waals surface area contributed by atoms with E-state index in [1.165, 1.54) is 11.8 Å². The molecule has 0 spiro atoms. The molecule has 6 heteroatoms. The standard InChI is InChI=1S/C24H20Br2O3S/c1-15-12-19(28-2)13-22(29-3)21(15)14-23(30-20-10-8-18(26)9-11-20)24(27)16-4-6-17(25)7-5-16/h4-14H,1-3H3/b23-14+. The van der Waals surface area contributed by atoms with Crippen LogP contribution in [-0.2, 0) is 0 Å². The SMILES string of the molecule is COc1cc(C)c(/C=C(/Sc2ccc(Br)cc2)C(=O)c2ccc(Br)cc2)c(OC)c1. The van der Waals surface area contributed by atoms with Gasteiger partial charge in [0.15, 0.2) is 5.78 Å². The van der Waals surface area contributed by atoms with E-state index in [0.717, 1.165) is 25.0 Å². The molecule has 0 atom stereocenters. The van der Waals surface area contributed by atoms with Crippen molar-refractivity contribution in [3.63, 3.8) is 0 Å². The monoisotopic (exact) mass is 546 g/mol. The van der Waals surface area contributed by atoms with E-state index >= 15 is 0 Å². The number of ether oxygens (including phenoxy) is 2. The van der Waals surface area contributed by atoms with Gasteiger partial charge in [0, 0.05) is 31.0 Å². The molecule has 0 fully saturated rings. The van der Waals surface area contributed by atoms with Crippen molar-refractivity contribution in [3.8, 4) is 11.5 Å². The number of halogens is 2. The molecule has 0 aromatic heterocycles. The molecule has 0 saturated heterocycles. The fourth-order valence-electron chi connectivity index (χ4n) is 2.85. The molecule has 3 aromatic carbocycles. The van der Waals surface area contributed by atoms with E-state index in [1.54, 1.807) is 14.2 Å². The first-order valence-corrected chi connectivity index (χ1v) is 11.5. The van der Waals surface area contributed by atoms with Crippen LogP contribution in [0.25, 0.3) is 6.08 Å². The summed E-state index contributed by atoms with van der Waals surface area (Å²) < 4.78 is 12.8. The minimum Gasteiger partial charge on any atom is -0.497 e. The van der Waals surface area contributed by atoms with Crippen LogP contribution >= 0.6 is 43.6 Å². The Morgan fingerprint density at radius 2 is 1.50 bits per heavy atom. The molecule has 0 unspecified atom stereocenters. The maximum Gasteiger partial charge on any atom is 0.199 e. The van der Waals surface area contributed by atoms with Gasteiger partial charge >= 0.3 is 0 Å². The van der Waals surface area contributed by atoms with Crippen LogP contribution in [0.3, 0.4) is 0 Å². The van der Waals surface area contributed by atoms with Crippen LogP contribution in [0.1, 0.15) is 21.5 Å². The number of aryl methyl sites for hydroxylation is 1. The lowest BCUT2D eigenvalue weighted by Crippen LogP contribution is -2.02. The minimum atomic E-state index is -0.0484. The van der Waals surface area contributed by atoms with Gasteiger partial charge in [-0.25, -0.2) is 0 Å². The summed E-state index contributed by atoms with van der Waals surface area (Å²) in [5.74, 6) is 1.32. The average molecular weight is 548 g/mol. The molecule has 0 bridgehead atoms. The summed E-state index contributed by atoms with van der Waals surface area (Å²) in [6.45, 7) is 1.98. The molecule has 0 aliphatic heterocycles. The lowest BCUT2D eigenvalue weighted by Gasteiger charge is -2.13. The van der Waals surface area contributed by atoms with E-state index in [1.807, 2.05) is 73.7 Å². The van der Waals surface area contributed by atoms with Crippen LogP contribution in [0.4, 0.5) is 0 Å². The van der Waals surface area contributed by atoms with E-state index in [0.29, 0.717) is 22.0 Å². The van der Waals surface area contributed by atoms with E-state index in [4.69, 9.17) is 9.47 Å². The molecule has 3 nitrogen and oxygen atoms in total. The van der Waals surface area contributed by atoms with E-state index < -0.39 is 0 Å². The smallest absolute Gasteiger partial charge is 0.199 e. The third-order valence-electron chi connectivity index (χ3n) is 4.43. The van der Waals surface area contributed by atoms with Crippen LogP contribution in [0.15, 0.2) is 79.4 Å². The molecule has 0 radical (unpaired) electrons. The van der Waals surface area contributed by atoms with Crippen LogP contribution in [0, 0.1) is 6.92 Å². The predicted molar refractivity (Wildman–Crippen MR) is 131 cm³/mol. The first-order valence-electron chi connectivity index (χ1n) is 9.09. The fourth-order valence-corrected chi connectivity index (χ4v) is 4.29. The second-order valence-electron chi connectivity index (χ2n) is 6.46. The van der Waals surface area contributed by atoms with E-state index in [2.05, 4.69) is 31.9 Å². The van der Waals surface area contributed by atoms with Gasteiger partial charge in [-0.15, -0.1) is 0 Å². The second-order valence-corrected chi connectivity index (χ2v) is 9.41. The molecule has 0 heterocycles. The van der Waals surface area contributed by atoms with E-state index in [9.17, 15) is 4.79 Å². The molecule has 0 aliphatic carbocycles. The maximum atomic E-state index is 13.4. The normalized spacial score (nSPS) is 11.3. The van der Waals surface area contributed by atoms with Crippen molar-refractivity contribution in [1.82, 2.24) is 0 Å². The number of carbonyl (C=O) groups is 1. The summed E-state index contributed by atoms with van der Waals surface area (Å²) in [6.07, 6.45) is 1.89. The molecule has 3 aromatic rings. The molecular formula is C24H20Br2O3S. The molecule has 30 heavy (non-hydrogen) atoms. The number of allylic oxidation sites excluding steroid dienone is 1. The highest BCUT2D eigenvalue weighted by Crippen LogP contribution is 2.36. The Bertz CT molecular complexity index is 1070. The lowest BCUT2D eigenvalue weighted by atomic mass is 10.0. The molecule has 3 rings (SSSR count). The van der Waals surface area contributed by atoms with Gasteiger partial charge < -0.3 is 9.47 Å². The Balaban J connectivity index is 2.10. The van der Waals surface area contributed by atoms with Gasteiger partial charge in [0.25, 0.3) is 0 Å². The van der Waals surface area contributed by atoms with Crippen molar-refractivity contribution >= 4 is 55.5 Å². The van der Waals surface area contributed by atoms with Crippen molar-refractivity contribution in [2.75, 3.05) is 14.2 Å². The van der Waals surface area contributed by atoms with Gasteiger partial charge in [0.05, 0.1) is 19.1 Å². The first-order chi connectivity index (χ1) is 14.4. The van der Waals surface area contributed by atoms with Gasteiger partial charge in [-0.05, 0) is 73.2 Å². The van der Waals surface area contributed by atoms with Gasteiger partial charge in [-0.1, -0.05) is 43.6 Å². The number of thioether (sulfide) groups is 1. The number of hydrogen-bond acceptors (Lipinski definition) is 4. The minimum absolute atomic E-state index is 0.0484. The largest absolute Gasteiger partial charge is 0.497 e. The zero-order valence-electron chi connectivity index (χ0n) is 16.7. The van der Waals surface area contributed by atoms with Crippen molar-refractivity contribution in [3.05, 3.63) is 91.2 Å². The summed E-state index contributed by atoms with van der Waals surface area (Å²) in [5.41, 5.74) is 2.44. The Hall–Kier alpha value is -2.02. The highest BCUT2D eigenvalue weighted by Gasteiger charge is 2.17. The van der Waals surface area contributed by atoms with Crippen LogP contribution < -0.4 is 9.47 Å². The van der Waals surface area contributed by atoms with E-state index in [-0.39, 0.29) is 5.78 Å². The number of Topliss-reactive ketones (excluding diaryl/α,β-unsaturated/α-hetero) is 1. The van der Waals surface area contributed by atoms with Crippen LogP contribution in [0.5, 0.6) is 11.5 Å². The summed E-state index contributed by atoms with van der Waals surface area (Å²) in [5, 5.41) is 0. The van der Waals surface area contributed by atoms with Gasteiger partial charge in [-0.3, -0.25) is 4.79 Å². The summed E-state index contributed by atoms with van der Waals surface area (Å²) >= 11 is 8.31. The molecule has 0 amide bonds. The lowest BCUT2D eigenvalue weighted by molar-refractivity contribution is 0.104. The van der Waals surface area contributed by atoms with Crippen molar-refractivity contribution in [2.45, 2.75) is 11.8 Å². The molecular weight excluding hydrogens is 528 g/mol. The van der Waals surface area contributed by atoms with Gasteiger partial charge in [-0.2, -0.15) is 0 Å². The van der Waals surface area contributed by atoms with Crippen LogP contribution in [0.2, 0.25) is 0 Å². The molecule has 0 N–H and O–H groups in total. The van der Waals surface area contributed by atoms with Crippen molar-refractivity contribution < 1.29 is 14.3 Å². The van der Waals surface area contributed by atoms with Crippen molar-refractivity contribution in [1.29, 1.82) is 0 Å². The Morgan fingerprint density at radius 1 is 0.900 bits per heavy atom. The number of benzene rings is 3. The maximum absolute atomic E-state index is 13.4. The summed E-state index contributed by atoms with van der Waals surface area (Å²) in [4.78, 5) is 15.0. The zero-order valence-corrected chi connectivity index (χ0v) is 20.7. The average Bonchev–Trinajstić information content (AvgIpc) is 2.75. The third-order valence-corrected chi connectivity index (χ3v) is 6.51. The Morgan fingerprint density at radius 3 is 2.07 bits per heavy atom. The molecule has 154 valence electrons. The van der Waals surface area contributed by atoms with Crippen molar-refractivity contribution in [2.24, 2.45) is 0 Å². The first kappa shape index (κ1) is 22.7. The van der Waals surface area contributed by atoms with Gasteiger partial charge in [0.1, 0.15) is 11.5 Å². The number of hydrogen-bond donors (Lipinski definition) is 0. The topological polar surface area (TPSA) is 35.5 Å². The number of methoxy groups -OCH3 is 2. The summed E-state index contributed by atoms with van der Waals surface area (Å²) in [6, 6.07) is 19.0. The Kier molecular flexibility index (Phi) is 7.81. The van der Waals surface area contributed by atoms with Crippen LogP contribution in [-0.4, -0.2) is 20.0 Å². The number of ketones is 1. The fraction of sp³-hybridized carbons (Fsp3) is 0.125. The molecule has 0 aliphatic rings. The highest BCUT2D eigenvalue weighted by molar-refractivity contribution is 9.10. The Labute approximate surface area is 197 Å². The summed E-state index contributed by atoms with van der Waals surface area (Å²) in [7, 11) is 3.24. The number of carbonyl (C=O) groups excluding carboxylic acids is 1. The highest BCUT2D eigenvalue weighted by atomic mass is 79.9. The quantitative estimate of drug-likeness (QED) is 0.174. The zero-order chi connectivity index (χ0) is 21.7. The number of rotatable bonds is 7. The van der Waals surface area contributed by atoms with Gasteiger partial charge in [0.2, 0.25) is 0 Å².